The van der Waals surface area contributed by atoms with Crippen molar-refractivity contribution in [2.45, 2.75) is 39.3 Å². The first-order valence-electron chi connectivity index (χ1n) is 8.75. The zero-order valence-electron chi connectivity index (χ0n) is 15.5. The highest BCUT2D eigenvalue weighted by Gasteiger charge is 2.27. The van der Waals surface area contributed by atoms with Crippen LogP contribution in [0.5, 0.6) is 0 Å². The number of aryl methyl sites for hydroxylation is 1. The SMILES string of the molecule is CC[C@@H](C(=O)NC)N(Cc1ccc(C)cc1)C(=O)Cc1ccc(F)cc1. The maximum atomic E-state index is 13.1. The van der Waals surface area contributed by atoms with E-state index >= 15 is 0 Å². The average Bonchev–Trinajstić information content (AvgIpc) is 2.64. The number of hydrogen-bond acceptors (Lipinski definition) is 2. The van der Waals surface area contributed by atoms with Crippen molar-refractivity contribution in [2.75, 3.05) is 7.05 Å². The molecule has 1 N–H and O–H groups in total. The van der Waals surface area contributed by atoms with Crippen LogP contribution in [0.4, 0.5) is 4.39 Å². The molecule has 5 heteroatoms. The Kier molecular flexibility index (Phi) is 6.89. The van der Waals surface area contributed by atoms with Crippen LogP contribution >= 0.6 is 0 Å². The van der Waals surface area contributed by atoms with Gasteiger partial charge in [0.05, 0.1) is 6.42 Å². The molecule has 1 atom stereocenters. The van der Waals surface area contributed by atoms with Crippen molar-refractivity contribution in [3.63, 3.8) is 0 Å². The summed E-state index contributed by atoms with van der Waals surface area (Å²) in [4.78, 5) is 26.8. The summed E-state index contributed by atoms with van der Waals surface area (Å²) < 4.78 is 13.1. The molecule has 0 aromatic heterocycles. The van der Waals surface area contributed by atoms with Crippen LogP contribution in [0, 0.1) is 12.7 Å². The number of benzene rings is 2. The molecule has 0 aliphatic carbocycles. The van der Waals surface area contributed by atoms with E-state index in [0.29, 0.717) is 13.0 Å². The Morgan fingerprint density at radius 2 is 1.62 bits per heavy atom. The molecule has 2 rings (SSSR count). The fraction of sp³-hybridized carbons (Fsp3) is 0.333. The number of carbonyl (C=O) groups excluding carboxylic acids is 2. The summed E-state index contributed by atoms with van der Waals surface area (Å²) in [6.45, 7) is 4.24. The molecule has 0 unspecified atom stereocenters. The minimum atomic E-state index is -0.547. The maximum Gasteiger partial charge on any atom is 0.242 e. The Labute approximate surface area is 154 Å². The van der Waals surface area contributed by atoms with Gasteiger partial charge in [0.15, 0.2) is 0 Å². The van der Waals surface area contributed by atoms with Crippen molar-refractivity contribution >= 4 is 11.8 Å². The largest absolute Gasteiger partial charge is 0.357 e. The summed E-state index contributed by atoms with van der Waals surface area (Å²) in [5.74, 6) is -0.686. The average molecular weight is 356 g/mol. The standard InChI is InChI=1S/C21H25FN2O2/c1-4-19(21(26)23-3)24(14-17-7-5-15(2)6-8-17)20(25)13-16-9-11-18(22)12-10-16/h5-12,19H,4,13-14H2,1-3H3,(H,23,26)/t19-/m0/s1. The Hall–Kier alpha value is -2.69. The molecule has 0 heterocycles. The normalized spacial score (nSPS) is 11.7. The molecule has 2 amide bonds. The number of hydrogen-bond donors (Lipinski definition) is 1. The van der Waals surface area contributed by atoms with Gasteiger partial charge in [-0.05, 0) is 36.6 Å². The van der Waals surface area contributed by atoms with Gasteiger partial charge in [-0.25, -0.2) is 4.39 Å². The molecule has 4 nitrogen and oxygen atoms in total. The Balaban J connectivity index is 2.25. The Morgan fingerprint density at radius 1 is 1.04 bits per heavy atom. The predicted molar refractivity (Wildman–Crippen MR) is 100.0 cm³/mol. The molecule has 2 aromatic carbocycles. The molecule has 0 aliphatic heterocycles. The van der Waals surface area contributed by atoms with Crippen molar-refractivity contribution in [1.82, 2.24) is 10.2 Å². The Bertz CT molecular complexity index is 742. The third-order valence-corrected chi connectivity index (χ3v) is 4.37. The van der Waals surface area contributed by atoms with Crippen LogP contribution in [-0.2, 0) is 22.6 Å². The van der Waals surface area contributed by atoms with Gasteiger partial charge in [-0.15, -0.1) is 0 Å². The van der Waals surface area contributed by atoms with Crippen molar-refractivity contribution in [2.24, 2.45) is 0 Å². The van der Waals surface area contributed by atoms with E-state index in [4.69, 9.17) is 0 Å². The minimum Gasteiger partial charge on any atom is -0.357 e. The van der Waals surface area contributed by atoms with Crippen LogP contribution in [0.3, 0.4) is 0 Å². The number of nitrogens with one attached hydrogen (secondary N) is 1. The lowest BCUT2D eigenvalue weighted by atomic mass is 10.1. The maximum absolute atomic E-state index is 13.1. The van der Waals surface area contributed by atoms with Crippen LogP contribution in [0.1, 0.15) is 30.0 Å². The smallest absolute Gasteiger partial charge is 0.242 e. The van der Waals surface area contributed by atoms with Crippen molar-refractivity contribution in [1.29, 1.82) is 0 Å². The van der Waals surface area contributed by atoms with E-state index in [1.165, 1.54) is 12.1 Å². The van der Waals surface area contributed by atoms with Crippen LogP contribution in [-0.4, -0.2) is 29.8 Å². The highest BCUT2D eigenvalue weighted by molar-refractivity contribution is 5.88. The second-order valence-corrected chi connectivity index (χ2v) is 6.35. The van der Waals surface area contributed by atoms with Crippen LogP contribution in [0.25, 0.3) is 0 Å². The molecule has 0 aliphatic rings. The van der Waals surface area contributed by atoms with E-state index in [1.54, 1.807) is 24.1 Å². The fourth-order valence-electron chi connectivity index (χ4n) is 2.85. The van der Waals surface area contributed by atoms with Gasteiger partial charge in [0.1, 0.15) is 11.9 Å². The van der Waals surface area contributed by atoms with Gasteiger partial charge in [-0.3, -0.25) is 9.59 Å². The van der Waals surface area contributed by atoms with Crippen LogP contribution in [0.2, 0.25) is 0 Å². The highest BCUT2D eigenvalue weighted by atomic mass is 19.1. The number of carbonyl (C=O) groups is 2. The van der Waals surface area contributed by atoms with Gasteiger partial charge in [0, 0.05) is 13.6 Å². The molecule has 26 heavy (non-hydrogen) atoms. The molecule has 138 valence electrons. The van der Waals surface area contributed by atoms with E-state index in [0.717, 1.165) is 16.7 Å². The van der Waals surface area contributed by atoms with E-state index in [2.05, 4.69) is 5.32 Å². The van der Waals surface area contributed by atoms with Gasteiger partial charge in [-0.1, -0.05) is 48.9 Å². The lowest BCUT2D eigenvalue weighted by Crippen LogP contribution is -2.48. The second kappa shape index (κ2) is 9.13. The van der Waals surface area contributed by atoms with Gasteiger partial charge >= 0.3 is 0 Å². The molecular weight excluding hydrogens is 331 g/mol. The predicted octanol–water partition coefficient (Wildman–Crippen LogP) is 3.23. The number of likely N-dealkylation sites (N-methyl/N-ethyl adjacent to an activating group) is 1. The molecule has 2 aromatic rings. The van der Waals surface area contributed by atoms with Crippen molar-refractivity contribution < 1.29 is 14.0 Å². The van der Waals surface area contributed by atoms with Crippen molar-refractivity contribution in [3.8, 4) is 0 Å². The molecule has 0 saturated carbocycles. The zero-order chi connectivity index (χ0) is 19.1. The van der Waals surface area contributed by atoms with Crippen LogP contribution < -0.4 is 5.32 Å². The third kappa shape index (κ3) is 5.15. The molecule has 0 spiro atoms. The number of nitrogens with zero attached hydrogens (tertiary/aromatic N) is 1. The first kappa shape index (κ1) is 19.6. The van der Waals surface area contributed by atoms with E-state index < -0.39 is 6.04 Å². The monoisotopic (exact) mass is 356 g/mol. The van der Waals surface area contributed by atoms with E-state index in [9.17, 15) is 14.0 Å². The fourth-order valence-corrected chi connectivity index (χ4v) is 2.85. The quantitative estimate of drug-likeness (QED) is 0.828. The lowest BCUT2D eigenvalue weighted by Gasteiger charge is -2.30. The topological polar surface area (TPSA) is 49.4 Å². The number of rotatable bonds is 7. The first-order chi connectivity index (χ1) is 12.4. The summed E-state index contributed by atoms with van der Waals surface area (Å²) in [5.41, 5.74) is 2.82. The summed E-state index contributed by atoms with van der Waals surface area (Å²) >= 11 is 0. The zero-order valence-corrected chi connectivity index (χ0v) is 15.5. The molecule has 0 bridgehead atoms. The molecule has 0 saturated heterocycles. The highest BCUT2D eigenvalue weighted by Crippen LogP contribution is 2.15. The van der Waals surface area contributed by atoms with Crippen LogP contribution in [0.15, 0.2) is 48.5 Å². The molecule has 0 fully saturated rings. The lowest BCUT2D eigenvalue weighted by molar-refractivity contribution is -0.140. The molecule has 0 radical (unpaired) electrons. The van der Waals surface area contributed by atoms with Gasteiger partial charge < -0.3 is 10.2 Å². The van der Waals surface area contributed by atoms with Gasteiger partial charge in [0.2, 0.25) is 11.8 Å². The van der Waals surface area contributed by atoms with Crippen molar-refractivity contribution in [3.05, 3.63) is 71.0 Å². The summed E-state index contributed by atoms with van der Waals surface area (Å²) in [6.07, 6.45) is 0.639. The first-order valence-corrected chi connectivity index (χ1v) is 8.75. The third-order valence-electron chi connectivity index (χ3n) is 4.37. The molecular formula is C21H25FN2O2. The van der Waals surface area contributed by atoms with E-state index in [1.807, 2.05) is 38.1 Å². The minimum absolute atomic E-state index is 0.125. The number of halogens is 1. The van der Waals surface area contributed by atoms with Gasteiger partial charge in [0.25, 0.3) is 0 Å². The Morgan fingerprint density at radius 3 is 2.15 bits per heavy atom. The summed E-state index contributed by atoms with van der Waals surface area (Å²) in [7, 11) is 1.57. The van der Waals surface area contributed by atoms with Gasteiger partial charge in [-0.2, -0.15) is 0 Å². The number of amides is 2. The second-order valence-electron chi connectivity index (χ2n) is 6.35. The summed E-state index contributed by atoms with van der Waals surface area (Å²) in [5, 5.41) is 2.64. The van der Waals surface area contributed by atoms with E-state index in [-0.39, 0.29) is 24.1 Å². The summed E-state index contributed by atoms with van der Waals surface area (Å²) in [6, 6.07) is 13.2.